The number of fused-ring (bicyclic) bond motifs is 2. The number of hydrogen-bond donors (Lipinski definition) is 0. The van der Waals surface area contributed by atoms with E-state index in [9.17, 15) is 13.2 Å². The lowest BCUT2D eigenvalue weighted by atomic mass is 9.74. The summed E-state index contributed by atoms with van der Waals surface area (Å²) in [5.74, 6) is 0.323. The second-order valence-electron chi connectivity index (χ2n) is 11.0. The molecule has 2 aromatic carbocycles. The van der Waals surface area contributed by atoms with Gasteiger partial charge in [-0.3, -0.25) is 9.69 Å². The van der Waals surface area contributed by atoms with E-state index < -0.39 is 15.6 Å². The van der Waals surface area contributed by atoms with Crippen molar-refractivity contribution >= 4 is 39.0 Å². The van der Waals surface area contributed by atoms with Gasteiger partial charge in [-0.1, -0.05) is 61.3 Å². The first-order chi connectivity index (χ1) is 16.4. The fourth-order valence-electron chi connectivity index (χ4n) is 7.08. The Balaban J connectivity index is 1.53. The van der Waals surface area contributed by atoms with Crippen LogP contribution in [0.15, 0.2) is 48.5 Å². The average molecular weight is 536 g/mol. The lowest BCUT2D eigenvalue weighted by Gasteiger charge is -2.58. The topological polar surface area (TPSA) is 57.7 Å². The zero-order chi connectivity index (χ0) is 25.3. The van der Waals surface area contributed by atoms with Gasteiger partial charge >= 0.3 is 0 Å². The third-order valence-corrected chi connectivity index (χ3v) is 10.9. The molecular weight excluding hydrogens is 503 g/mol. The standard InChI is InChI=1S/C27H32Cl2N2O3S/c1-17-23(31(35(4,33)34)27-14-13-20(15-24(27)32)26(27,2)3)16-30(17)25(18-5-9-21(28)10-6-18)19-7-11-22(29)12-8-19/h5-12,17,20,23,25H,13-16H2,1-4H3/t17-,20?,23+,27?/m0/s1. The molecular formula is C27H32Cl2N2O3S. The number of carbonyl (C=O) groups excluding carboxylic acids is 1. The summed E-state index contributed by atoms with van der Waals surface area (Å²) in [4.78, 5) is 15.7. The zero-order valence-corrected chi connectivity index (χ0v) is 22.9. The molecule has 2 unspecified atom stereocenters. The summed E-state index contributed by atoms with van der Waals surface area (Å²) in [6, 6.07) is 15.1. The predicted octanol–water partition coefficient (Wildman–Crippen LogP) is 5.56. The number of ketones is 1. The molecule has 2 saturated carbocycles. The van der Waals surface area contributed by atoms with Crippen LogP contribution in [-0.2, 0) is 14.8 Å². The minimum Gasteiger partial charge on any atom is -0.298 e. The smallest absolute Gasteiger partial charge is 0.212 e. The second-order valence-corrected chi connectivity index (χ2v) is 13.7. The zero-order valence-electron chi connectivity index (χ0n) is 20.5. The van der Waals surface area contributed by atoms with Crippen molar-refractivity contribution in [2.45, 2.75) is 63.7 Å². The first kappa shape index (κ1) is 25.2. The van der Waals surface area contributed by atoms with Crippen molar-refractivity contribution in [3.05, 3.63) is 69.7 Å². The first-order valence-electron chi connectivity index (χ1n) is 12.2. The van der Waals surface area contributed by atoms with Crippen molar-refractivity contribution in [2.75, 3.05) is 12.8 Å². The maximum atomic E-state index is 13.4. The molecule has 2 bridgehead atoms. The molecule has 5 nitrogen and oxygen atoms in total. The summed E-state index contributed by atoms with van der Waals surface area (Å²) in [6.07, 6.45) is 3.25. The monoisotopic (exact) mass is 534 g/mol. The number of likely N-dealkylation sites (tertiary alicyclic amines) is 1. The lowest BCUT2D eigenvalue weighted by molar-refractivity contribution is -0.135. The summed E-state index contributed by atoms with van der Waals surface area (Å²) in [5, 5.41) is 1.33. The highest BCUT2D eigenvalue weighted by atomic mass is 35.5. The van der Waals surface area contributed by atoms with Crippen molar-refractivity contribution < 1.29 is 13.2 Å². The van der Waals surface area contributed by atoms with Crippen LogP contribution >= 0.6 is 23.2 Å². The number of benzene rings is 2. The van der Waals surface area contributed by atoms with Crippen LogP contribution in [-0.4, -0.2) is 53.8 Å². The first-order valence-corrected chi connectivity index (χ1v) is 14.8. The van der Waals surface area contributed by atoms with Crippen LogP contribution in [0, 0.1) is 11.3 Å². The van der Waals surface area contributed by atoms with Gasteiger partial charge in [-0.2, -0.15) is 4.31 Å². The van der Waals surface area contributed by atoms with Crippen molar-refractivity contribution in [3.8, 4) is 0 Å². The summed E-state index contributed by atoms with van der Waals surface area (Å²) in [5.41, 5.74) is 0.819. The molecule has 3 fully saturated rings. The Morgan fingerprint density at radius 1 is 1.00 bits per heavy atom. The molecule has 1 aliphatic heterocycles. The number of carbonyl (C=O) groups is 1. The molecule has 2 aliphatic carbocycles. The quantitative estimate of drug-likeness (QED) is 0.486. The Kier molecular flexibility index (Phi) is 6.17. The normalized spacial score (nSPS) is 30.3. The van der Waals surface area contributed by atoms with Crippen molar-refractivity contribution in [1.29, 1.82) is 0 Å². The van der Waals surface area contributed by atoms with Crippen LogP contribution in [0.5, 0.6) is 0 Å². The molecule has 0 N–H and O–H groups in total. The molecule has 0 spiro atoms. The van der Waals surface area contributed by atoms with Gasteiger partial charge in [-0.05, 0) is 66.5 Å². The van der Waals surface area contributed by atoms with Crippen LogP contribution in [0.3, 0.4) is 0 Å². The van der Waals surface area contributed by atoms with Crippen LogP contribution in [0.25, 0.3) is 0 Å². The Hall–Kier alpha value is -1.44. The number of halogens is 2. The van der Waals surface area contributed by atoms with E-state index in [1.54, 1.807) is 4.31 Å². The van der Waals surface area contributed by atoms with E-state index in [-0.39, 0.29) is 35.2 Å². The maximum absolute atomic E-state index is 13.4. The minimum absolute atomic E-state index is 0.0845. The Labute approximate surface area is 218 Å². The third-order valence-electron chi connectivity index (χ3n) is 9.05. The highest BCUT2D eigenvalue weighted by molar-refractivity contribution is 7.88. The van der Waals surface area contributed by atoms with Gasteiger partial charge in [0.05, 0.1) is 23.9 Å². The molecule has 0 amide bonds. The second kappa shape index (κ2) is 8.56. The van der Waals surface area contributed by atoms with E-state index >= 15 is 0 Å². The number of rotatable bonds is 6. The van der Waals surface area contributed by atoms with Crippen LogP contribution in [0.1, 0.15) is 57.2 Å². The minimum atomic E-state index is -3.63. The molecule has 0 aromatic heterocycles. The fraction of sp³-hybridized carbons (Fsp3) is 0.519. The molecule has 4 atom stereocenters. The van der Waals surface area contributed by atoms with E-state index in [1.807, 2.05) is 48.5 Å². The van der Waals surface area contributed by atoms with E-state index in [1.165, 1.54) is 6.26 Å². The van der Waals surface area contributed by atoms with Crippen LogP contribution in [0.2, 0.25) is 10.0 Å². The van der Waals surface area contributed by atoms with Gasteiger partial charge in [0.1, 0.15) is 0 Å². The largest absolute Gasteiger partial charge is 0.298 e. The maximum Gasteiger partial charge on any atom is 0.212 e. The summed E-state index contributed by atoms with van der Waals surface area (Å²) in [7, 11) is -3.63. The van der Waals surface area contributed by atoms with Gasteiger partial charge in [-0.25, -0.2) is 8.42 Å². The average Bonchev–Trinajstić information content (AvgIpc) is 3.14. The Morgan fingerprint density at radius 3 is 1.89 bits per heavy atom. The van der Waals surface area contributed by atoms with Crippen molar-refractivity contribution in [2.24, 2.45) is 11.3 Å². The SMILES string of the molecule is C[C@H]1[C@H](N(C23CCC(CC2=O)C3(C)C)S(C)(=O)=O)CN1C(c1ccc(Cl)cc1)c1ccc(Cl)cc1. The highest BCUT2D eigenvalue weighted by Crippen LogP contribution is 2.62. The lowest BCUT2D eigenvalue weighted by Crippen LogP contribution is -2.74. The van der Waals surface area contributed by atoms with E-state index in [2.05, 4.69) is 25.7 Å². The summed E-state index contributed by atoms with van der Waals surface area (Å²) in [6.45, 7) is 6.78. The molecule has 5 rings (SSSR count). The van der Waals surface area contributed by atoms with Crippen molar-refractivity contribution in [3.63, 3.8) is 0 Å². The van der Waals surface area contributed by atoms with Gasteiger partial charge in [-0.15, -0.1) is 0 Å². The summed E-state index contributed by atoms with van der Waals surface area (Å²) < 4.78 is 28.3. The summed E-state index contributed by atoms with van der Waals surface area (Å²) >= 11 is 12.3. The van der Waals surface area contributed by atoms with E-state index in [0.29, 0.717) is 29.4 Å². The third kappa shape index (κ3) is 3.79. The number of hydrogen-bond acceptors (Lipinski definition) is 4. The van der Waals surface area contributed by atoms with Crippen molar-refractivity contribution in [1.82, 2.24) is 9.21 Å². The molecule has 1 saturated heterocycles. The van der Waals surface area contributed by atoms with E-state index in [0.717, 1.165) is 17.5 Å². The van der Waals surface area contributed by atoms with Gasteiger partial charge < -0.3 is 0 Å². The molecule has 35 heavy (non-hydrogen) atoms. The van der Waals surface area contributed by atoms with Gasteiger partial charge in [0.25, 0.3) is 0 Å². The molecule has 2 aromatic rings. The van der Waals surface area contributed by atoms with Gasteiger partial charge in [0, 0.05) is 29.1 Å². The fourth-order valence-corrected chi connectivity index (χ4v) is 9.06. The number of Topliss-reactive ketones (excluding diaryl/α,β-unsaturated/α-hetero) is 1. The van der Waals surface area contributed by atoms with Crippen LogP contribution < -0.4 is 0 Å². The molecule has 188 valence electrons. The van der Waals surface area contributed by atoms with Gasteiger partial charge in [0.15, 0.2) is 5.78 Å². The number of nitrogens with zero attached hydrogens (tertiary/aromatic N) is 2. The van der Waals surface area contributed by atoms with Gasteiger partial charge in [0.2, 0.25) is 10.0 Å². The highest BCUT2D eigenvalue weighted by Gasteiger charge is 2.70. The predicted molar refractivity (Wildman–Crippen MR) is 140 cm³/mol. The Bertz CT molecular complexity index is 1200. The molecule has 3 aliphatic rings. The van der Waals surface area contributed by atoms with E-state index in [4.69, 9.17) is 23.2 Å². The number of sulfonamides is 1. The molecule has 8 heteroatoms. The molecule has 0 radical (unpaired) electrons. The Morgan fingerprint density at radius 2 is 1.51 bits per heavy atom. The van der Waals surface area contributed by atoms with Crippen LogP contribution in [0.4, 0.5) is 0 Å². The molecule has 1 heterocycles.